The SMILES string of the molecule is CCc1c(C)cc(O)c(C(=O)c2ccc(OCCN3CCOCC3)c(OC)c2)c1CC(=O)N(CCOC)CCOC. The van der Waals surface area contributed by atoms with E-state index in [2.05, 4.69) is 4.90 Å². The van der Waals surface area contributed by atoms with Crippen LogP contribution in [-0.4, -0.2) is 114 Å². The molecule has 1 aliphatic heterocycles. The van der Waals surface area contributed by atoms with E-state index in [1.807, 2.05) is 13.8 Å². The first-order valence-electron chi connectivity index (χ1n) is 14.1. The Kier molecular flexibility index (Phi) is 12.9. The van der Waals surface area contributed by atoms with Crippen molar-refractivity contribution >= 4 is 11.7 Å². The van der Waals surface area contributed by atoms with Crippen LogP contribution < -0.4 is 9.47 Å². The number of aromatic hydroxyl groups is 1. The molecular weight excluding hydrogens is 528 g/mol. The molecule has 1 fully saturated rings. The number of benzene rings is 2. The maximum absolute atomic E-state index is 13.9. The van der Waals surface area contributed by atoms with E-state index in [0.29, 0.717) is 62.0 Å². The zero-order chi connectivity index (χ0) is 29.8. The van der Waals surface area contributed by atoms with Crippen LogP contribution in [0.2, 0.25) is 0 Å². The van der Waals surface area contributed by atoms with Gasteiger partial charge in [-0.25, -0.2) is 0 Å². The van der Waals surface area contributed by atoms with Crippen LogP contribution in [0.15, 0.2) is 24.3 Å². The third-order valence-corrected chi connectivity index (χ3v) is 7.34. The second-order valence-corrected chi connectivity index (χ2v) is 9.94. The van der Waals surface area contributed by atoms with Crippen molar-refractivity contribution in [2.75, 3.05) is 87.1 Å². The van der Waals surface area contributed by atoms with E-state index in [-0.39, 0.29) is 23.6 Å². The van der Waals surface area contributed by atoms with E-state index >= 15 is 0 Å². The molecule has 226 valence electrons. The van der Waals surface area contributed by atoms with Gasteiger partial charge in [0, 0.05) is 52.5 Å². The number of aryl methyl sites for hydroxylation is 1. The number of morpholine rings is 1. The number of phenols is 1. The zero-order valence-corrected chi connectivity index (χ0v) is 25.0. The summed E-state index contributed by atoms with van der Waals surface area (Å²) in [4.78, 5) is 31.3. The Balaban J connectivity index is 1.88. The number of nitrogens with zero attached hydrogens (tertiary/aromatic N) is 2. The number of methoxy groups -OCH3 is 3. The molecule has 1 amide bonds. The quantitative estimate of drug-likeness (QED) is 0.304. The predicted octanol–water partition coefficient (Wildman–Crippen LogP) is 2.88. The van der Waals surface area contributed by atoms with Crippen LogP contribution in [0.4, 0.5) is 0 Å². The monoisotopic (exact) mass is 572 g/mol. The third kappa shape index (κ3) is 8.65. The smallest absolute Gasteiger partial charge is 0.227 e. The lowest BCUT2D eigenvalue weighted by molar-refractivity contribution is -0.131. The van der Waals surface area contributed by atoms with Gasteiger partial charge in [-0.3, -0.25) is 14.5 Å². The van der Waals surface area contributed by atoms with Crippen molar-refractivity contribution in [2.24, 2.45) is 0 Å². The van der Waals surface area contributed by atoms with E-state index < -0.39 is 5.78 Å². The zero-order valence-electron chi connectivity index (χ0n) is 25.0. The Bertz CT molecular complexity index is 1160. The van der Waals surface area contributed by atoms with Gasteiger partial charge in [0.15, 0.2) is 17.3 Å². The fourth-order valence-corrected chi connectivity index (χ4v) is 5.06. The molecule has 0 atom stereocenters. The number of rotatable bonds is 16. The number of hydrogen-bond acceptors (Lipinski definition) is 9. The highest BCUT2D eigenvalue weighted by atomic mass is 16.5. The van der Waals surface area contributed by atoms with E-state index in [4.69, 9.17) is 23.7 Å². The molecule has 0 radical (unpaired) electrons. The highest BCUT2D eigenvalue weighted by Gasteiger charge is 2.26. The molecule has 2 aromatic rings. The maximum Gasteiger partial charge on any atom is 0.227 e. The van der Waals surface area contributed by atoms with Crippen molar-refractivity contribution in [3.8, 4) is 17.2 Å². The number of amides is 1. The van der Waals surface area contributed by atoms with Crippen molar-refractivity contribution in [1.29, 1.82) is 0 Å². The molecule has 0 spiro atoms. The Morgan fingerprint density at radius 2 is 1.66 bits per heavy atom. The summed E-state index contributed by atoms with van der Waals surface area (Å²) in [7, 11) is 4.69. The Morgan fingerprint density at radius 3 is 2.27 bits per heavy atom. The molecule has 1 aliphatic rings. The average Bonchev–Trinajstić information content (AvgIpc) is 2.97. The summed E-state index contributed by atoms with van der Waals surface area (Å²) in [5.74, 6) is 0.232. The third-order valence-electron chi connectivity index (χ3n) is 7.34. The van der Waals surface area contributed by atoms with Gasteiger partial charge in [-0.15, -0.1) is 0 Å². The molecule has 1 N–H and O–H groups in total. The molecule has 0 bridgehead atoms. The van der Waals surface area contributed by atoms with Crippen molar-refractivity contribution in [2.45, 2.75) is 26.7 Å². The molecule has 1 heterocycles. The summed E-state index contributed by atoms with van der Waals surface area (Å²) in [6, 6.07) is 6.58. The van der Waals surface area contributed by atoms with E-state index in [9.17, 15) is 14.7 Å². The van der Waals surface area contributed by atoms with Gasteiger partial charge >= 0.3 is 0 Å². The normalized spacial score (nSPS) is 13.7. The van der Waals surface area contributed by atoms with Gasteiger partial charge in [-0.05, 0) is 54.3 Å². The van der Waals surface area contributed by atoms with Gasteiger partial charge in [-0.1, -0.05) is 6.92 Å². The molecule has 10 nitrogen and oxygen atoms in total. The molecule has 0 saturated carbocycles. The highest BCUT2D eigenvalue weighted by Crippen LogP contribution is 2.34. The van der Waals surface area contributed by atoms with Crippen molar-refractivity contribution in [3.05, 3.63) is 52.1 Å². The lowest BCUT2D eigenvalue weighted by atomic mass is 9.87. The predicted molar refractivity (Wildman–Crippen MR) is 155 cm³/mol. The highest BCUT2D eigenvalue weighted by molar-refractivity contribution is 6.12. The molecule has 1 saturated heterocycles. The molecular formula is C31H44N2O8. The second-order valence-electron chi connectivity index (χ2n) is 9.94. The van der Waals surface area contributed by atoms with Gasteiger partial charge in [0.25, 0.3) is 0 Å². The summed E-state index contributed by atoms with van der Waals surface area (Å²) in [5.41, 5.74) is 2.68. The standard InChI is InChI=1S/C31H44N2O8/c1-6-24-22(2)19-26(34)30(25(24)21-29(35)33(12-14-37-3)13-15-38-4)31(36)23-7-8-27(28(20-23)39-5)41-18-11-32-9-16-40-17-10-32/h7-8,19-20,34H,6,9-18,21H2,1-5H3. The van der Waals surface area contributed by atoms with Gasteiger partial charge < -0.3 is 33.7 Å². The molecule has 41 heavy (non-hydrogen) atoms. The molecule has 2 aromatic carbocycles. The molecule has 0 aromatic heterocycles. The summed E-state index contributed by atoms with van der Waals surface area (Å²) >= 11 is 0. The Morgan fingerprint density at radius 1 is 0.976 bits per heavy atom. The lowest BCUT2D eigenvalue weighted by Crippen LogP contribution is -2.38. The minimum atomic E-state index is -0.390. The molecule has 10 heteroatoms. The average molecular weight is 573 g/mol. The molecule has 0 unspecified atom stereocenters. The number of carbonyl (C=O) groups is 2. The lowest BCUT2D eigenvalue weighted by Gasteiger charge is -2.26. The van der Waals surface area contributed by atoms with Crippen molar-refractivity contribution in [3.63, 3.8) is 0 Å². The van der Waals surface area contributed by atoms with Gasteiger partial charge in [-0.2, -0.15) is 0 Å². The van der Waals surface area contributed by atoms with Crippen LogP contribution in [0, 0.1) is 6.92 Å². The van der Waals surface area contributed by atoms with Crippen LogP contribution >= 0.6 is 0 Å². The fraction of sp³-hybridized carbons (Fsp3) is 0.548. The number of ether oxygens (including phenoxy) is 5. The molecule has 0 aliphatic carbocycles. The summed E-state index contributed by atoms with van der Waals surface area (Å²) in [5, 5.41) is 11.0. The maximum atomic E-state index is 13.9. The Labute approximate surface area is 243 Å². The number of hydrogen-bond donors (Lipinski definition) is 1. The van der Waals surface area contributed by atoms with Crippen molar-refractivity contribution in [1.82, 2.24) is 9.80 Å². The van der Waals surface area contributed by atoms with E-state index in [1.54, 1.807) is 43.4 Å². The van der Waals surface area contributed by atoms with Crippen molar-refractivity contribution < 1.29 is 38.4 Å². The van der Waals surface area contributed by atoms with Crippen LogP contribution in [0.25, 0.3) is 0 Å². The minimum absolute atomic E-state index is 0.0349. The van der Waals surface area contributed by atoms with Gasteiger partial charge in [0.2, 0.25) is 5.91 Å². The molecule has 3 rings (SSSR count). The largest absolute Gasteiger partial charge is 0.507 e. The minimum Gasteiger partial charge on any atom is -0.507 e. The number of ketones is 1. The first kappa shape index (κ1) is 32.3. The van der Waals surface area contributed by atoms with E-state index in [1.165, 1.54) is 7.11 Å². The second kappa shape index (κ2) is 16.3. The first-order valence-corrected chi connectivity index (χ1v) is 14.1. The van der Waals surface area contributed by atoms with Crippen LogP contribution in [0.1, 0.15) is 39.5 Å². The van der Waals surface area contributed by atoms with Gasteiger partial charge in [0.05, 0.1) is 45.5 Å². The van der Waals surface area contributed by atoms with Gasteiger partial charge in [0.1, 0.15) is 12.4 Å². The number of phenolic OH excluding ortho intramolecular Hbond substituents is 1. The van der Waals surface area contributed by atoms with E-state index in [0.717, 1.165) is 44.0 Å². The summed E-state index contributed by atoms with van der Waals surface area (Å²) in [6.07, 6.45) is 0.567. The van der Waals surface area contributed by atoms with Crippen LogP contribution in [-0.2, 0) is 31.8 Å². The Hall–Kier alpha value is -3.18. The summed E-state index contributed by atoms with van der Waals surface area (Å²) in [6.45, 7) is 9.80. The fourth-order valence-electron chi connectivity index (χ4n) is 5.06. The van der Waals surface area contributed by atoms with Crippen LogP contribution in [0.5, 0.6) is 17.2 Å². The topological polar surface area (TPSA) is 107 Å². The first-order chi connectivity index (χ1) is 19.8. The summed E-state index contributed by atoms with van der Waals surface area (Å²) < 4.78 is 27.3. The number of carbonyl (C=O) groups excluding carboxylic acids is 2. The van der Waals surface area contributed by atoms with Crippen LogP contribution in [0.3, 0.4) is 0 Å².